The van der Waals surface area contributed by atoms with Crippen molar-refractivity contribution >= 4 is 27.9 Å². The van der Waals surface area contributed by atoms with Gasteiger partial charge in [0.2, 0.25) is 0 Å². The number of halogens is 2. The predicted molar refractivity (Wildman–Crippen MR) is 96.5 cm³/mol. The van der Waals surface area contributed by atoms with Crippen molar-refractivity contribution in [2.45, 2.75) is 23.7 Å². The van der Waals surface area contributed by atoms with Crippen molar-refractivity contribution in [2.24, 2.45) is 0 Å². The predicted octanol–water partition coefficient (Wildman–Crippen LogP) is 5.48. The SMILES string of the molecule is COc1ccc(SN2CCC(c3ccc(F)cc3)CC2)cc1Br. The van der Waals surface area contributed by atoms with Crippen molar-refractivity contribution < 1.29 is 9.13 Å². The zero-order valence-corrected chi connectivity index (χ0v) is 15.4. The van der Waals surface area contributed by atoms with Crippen LogP contribution in [0.15, 0.2) is 51.8 Å². The van der Waals surface area contributed by atoms with Crippen LogP contribution in [0.4, 0.5) is 4.39 Å². The Morgan fingerprint density at radius 3 is 2.43 bits per heavy atom. The summed E-state index contributed by atoms with van der Waals surface area (Å²) in [6.07, 6.45) is 2.21. The van der Waals surface area contributed by atoms with Crippen molar-refractivity contribution in [1.29, 1.82) is 0 Å². The number of nitrogens with zero attached hydrogens (tertiary/aromatic N) is 1. The van der Waals surface area contributed by atoms with Crippen LogP contribution in [-0.2, 0) is 0 Å². The Balaban J connectivity index is 1.56. The van der Waals surface area contributed by atoms with Crippen LogP contribution < -0.4 is 4.74 Å². The molecule has 1 saturated heterocycles. The van der Waals surface area contributed by atoms with E-state index in [-0.39, 0.29) is 5.82 Å². The van der Waals surface area contributed by atoms with Crippen LogP contribution in [0.5, 0.6) is 5.75 Å². The van der Waals surface area contributed by atoms with Gasteiger partial charge < -0.3 is 4.74 Å². The Bertz CT molecular complexity index is 657. The fourth-order valence-electron chi connectivity index (χ4n) is 2.87. The third-order valence-electron chi connectivity index (χ3n) is 4.15. The number of ether oxygens (including phenoxy) is 1. The molecule has 2 nitrogen and oxygen atoms in total. The van der Waals surface area contributed by atoms with E-state index in [1.807, 2.05) is 18.2 Å². The Morgan fingerprint density at radius 2 is 1.83 bits per heavy atom. The highest BCUT2D eigenvalue weighted by atomic mass is 79.9. The van der Waals surface area contributed by atoms with Gasteiger partial charge in [-0.3, -0.25) is 0 Å². The maximum Gasteiger partial charge on any atom is 0.133 e. The highest BCUT2D eigenvalue weighted by molar-refractivity contribution is 9.10. The number of hydrogen-bond donors (Lipinski definition) is 0. The van der Waals surface area contributed by atoms with Crippen molar-refractivity contribution in [3.63, 3.8) is 0 Å². The molecule has 0 amide bonds. The summed E-state index contributed by atoms with van der Waals surface area (Å²) in [5.74, 6) is 1.23. The first kappa shape index (κ1) is 16.8. The van der Waals surface area contributed by atoms with E-state index in [4.69, 9.17) is 4.74 Å². The Hall–Kier alpha value is -1.04. The maximum atomic E-state index is 13.0. The fraction of sp³-hybridized carbons (Fsp3) is 0.333. The van der Waals surface area contributed by atoms with Gasteiger partial charge in [-0.2, -0.15) is 0 Å². The molecule has 122 valence electrons. The molecule has 0 unspecified atom stereocenters. The molecule has 0 atom stereocenters. The summed E-state index contributed by atoms with van der Waals surface area (Å²) < 4.78 is 21.7. The molecule has 2 aromatic rings. The first-order valence-corrected chi connectivity index (χ1v) is 9.24. The molecule has 0 N–H and O–H groups in total. The highest BCUT2D eigenvalue weighted by Crippen LogP contribution is 2.35. The molecule has 1 heterocycles. The molecule has 0 aliphatic carbocycles. The van der Waals surface area contributed by atoms with Crippen LogP contribution in [0, 0.1) is 5.82 Å². The largest absolute Gasteiger partial charge is 0.496 e. The first-order valence-electron chi connectivity index (χ1n) is 7.67. The molecule has 23 heavy (non-hydrogen) atoms. The second-order valence-corrected chi connectivity index (χ2v) is 7.67. The fourth-order valence-corrected chi connectivity index (χ4v) is 4.55. The monoisotopic (exact) mass is 395 g/mol. The summed E-state index contributed by atoms with van der Waals surface area (Å²) in [6, 6.07) is 13.1. The molecule has 3 rings (SSSR count). The molecular weight excluding hydrogens is 377 g/mol. The van der Waals surface area contributed by atoms with Crippen LogP contribution in [0.25, 0.3) is 0 Å². The smallest absolute Gasteiger partial charge is 0.133 e. The van der Waals surface area contributed by atoms with E-state index in [2.05, 4.69) is 32.4 Å². The van der Waals surface area contributed by atoms with Crippen LogP contribution in [0.1, 0.15) is 24.3 Å². The topological polar surface area (TPSA) is 12.5 Å². The van der Waals surface area contributed by atoms with Gasteiger partial charge in [0, 0.05) is 18.0 Å². The number of rotatable bonds is 4. The number of methoxy groups -OCH3 is 1. The Labute approximate surface area is 149 Å². The summed E-state index contributed by atoms with van der Waals surface area (Å²) in [5.41, 5.74) is 1.25. The Morgan fingerprint density at radius 1 is 1.13 bits per heavy atom. The normalized spacial score (nSPS) is 16.5. The van der Waals surface area contributed by atoms with Gasteiger partial charge in [0.25, 0.3) is 0 Å². The Kier molecular flexibility index (Phi) is 5.62. The number of benzene rings is 2. The lowest BCUT2D eigenvalue weighted by atomic mass is 9.90. The molecule has 1 aliphatic rings. The highest BCUT2D eigenvalue weighted by Gasteiger charge is 2.21. The third-order valence-corrected chi connectivity index (χ3v) is 5.86. The van der Waals surface area contributed by atoms with E-state index < -0.39 is 0 Å². The molecule has 1 fully saturated rings. The molecule has 0 spiro atoms. The number of hydrogen-bond acceptors (Lipinski definition) is 3. The van der Waals surface area contributed by atoms with Crippen molar-refractivity contribution in [1.82, 2.24) is 4.31 Å². The standard InChI is InChI=1S/C18H19BrFNOS/c1-22-18-7-6-16(12-17(18)19)23-21-10-8-14(9-11-21)13-2-4-15(20)5-3-13/h2-7,12,14H,8-11H2,1H3. The lowest BCUT2D eigenvalue weighted by molar-refractivity contribution is 0.346. The van der Waals surface area contributed by atoms with Crippen LogP contribution in [0.2, 0.25) is 0 Å². The van der Waals surface area contributed by atoms with E-state index in [0.717, 1.165) is 36.2 Å². The van der Waals surface area contributed by atoms with E-state index in [1.54, 1.807) is 31.2 Å². The van der Waals surface area contributed by atoms with Crippen molar-refractivity contribution in [3.05, 3.63) is 58.3 Å². The molecule has 0 radical (unpaired) electrons. The van der Waals surface area contributed by atoms with Gasteiger partial charge in [-0.25, -0.2) is 8.70 Å². The third kappa shape index (κ3) is 4.28. The maximum absolute atomic E-state index is 13.0. The van der Waals surface area contributed by atoms with Gasteiger partial charge in [0.15, 0.2) is 0 Å². The lowest BCUT2D eigenvalue weighted by Gasteiger charge is -2.31. The van der Waals surface area contributed by atoms with Gasteiger partial charge in [-0.05, 0) is 82.5 Å². The molecule has 5 heteroatoms. The van der Waals surface area contributed by atoms with Gasteiger partial charge >= 0.3 is 0 Å². The molecular formula is C18H19BrFNOS. The summed E-state index contributed by atoms with van der Waals surface area (Å²) in [6.45, 7) is 2.08. The van der Waals surface area contributed by atoms with E-state index >= 15 is 0 Å². The summed E-state index contributed by atoms with van der Waals surface area (Å²) in [4.78, 5) is 1.21. The van der Waals surface area contributed by atoms with Gasteiger partial charge in [-0.1, -0.05) is 12.1 Å². The first-order chi connectivity index (χ1) is 11.2. The zero-order valence-electron chi connectivity index (χ0n) is 13.0. The zero-order chi connectivity index (χ0) is 16.2. The second kappa shape index (κ2) is 7.69. The van der Waals surface area contributed by atoms with E-state index in [1.165, 1.54) is 10.5 Å². The molecule has 0 bridgehead atoms. The van der Waals surface area contributed by atoms with Gasteiger partial charge in [0.1, 0.15) is 11.6 Å². The van der Waals surface area contributed by atoms with Crippen LogP contribution in [0.3, 0.4) is 0 Å². The molecule has 2 aromatic carbocycles. The van der Waals surface area contributed by atoms with Crippen LogP contribution >= 0.6 is 27.9 Å². The van der Waals surface area contributed by atoms with E-state index in [9.17, 15) is 4.39 Å². The average Bonchev–Trinajstić information content (AvgIpc) is 2.57. The average molecular weight is 396 g/mol. The van der Waals surface area contributed by atoms with Crippen molar-refractivity contribution in [2.75, 3.05) is 20.2 Å². The molecule has 0 aromatic heterocycles. The van der Waals surface area contributed by atoms with Gasteiger partial charge in [0.05, 0.1) is 11.6 Å². The molecule has 0 saturated carbocycles. The van der Waals surface area contributed by atoms with Crippen LogP contribution in [-0.4, -0.2) is 24.5 Å². The van der Waals surface area contributed by atoms with E-state index in [0.29, 0.717) is 5.92 Å². The summed E-state index contributed by atoms with van der Waals surface area (Å²) in [7, 11) is 1.67. The summed E-state index contributed by atoms with van der Waals surface area (Å²) in [5, 5.41) is 0. The quantitative estimate of drug-likeness (QED) is 0.635. The lowest BCUT2D eigenvalue weighted by Crippen LogP contribution is -2.27. The minimum atomic E-state index is -0.160. The van der Waals surface area contributed by atoms with Crippen molar-refractivity contribution in [3.8, 4) is 5.75 Å². The second-order valence-electron chi connectivity index (χ2n) is 5.64. The van der Waals surface area contributed by atoms with Gasteiger partial charge in [-0.15, -0.1) is 0 Å². The molecule has 1 aliphatic heterocycles. The minimum Gasteiger partial charge on any atom is -0.496 e. The summed E-state index contributed by atoms with van der Waals surface area (Å²) >= 11 is 5.32. The number of piperidine rings is 1. The minimum absolute atomic E-state index is 0.160.